The van der Waals surface area contributed by atoms with Gasteiger partial charge < -0.3 is 14.3 Å². The summed E-state index contributed by atoms with van der Waals surface area (Å²) >= 11 is 7.29. The minimum Gasteiger partial charge on any atom is -0.469 e. The number of aryl methyl sites for hydroxylation is 2. The predicted molar refractivity (Wildman–Crippen MR) is 99.0 cm³/mol. The first kappa shape index (κ1) is 17.6. The number of halogens is 1. The molecule has 0 unspecified atom stereocenters. The maximum Gasteiger partial charge on any atom is 0.234 e. The fourth-order valence-electron chi connectivity index (χ4n) is 2.34. The van der Waals surface area contributed by atoms with Gasteiger partial charge in [0.25, 0.3) is 0 Å². The lowest BCUT2D eigenvalue weighted by atomic mass is 10.2. The summed E-state index contributed by atoms with van der Waals surface area (Å²) in [6.07, 6.45) is 1.62. The van der Waals surface area contributed by atoms with Crippen molar-refractivity contribution in [3.63, 3.8) is 0 Å². The van der Waals surface area contributed by atoms with Crippen molar-refractivity contribution in [2.75, 3.05) is 11.1 Å². The van der Waals surface area contributed by atoms with Crippen LogP contribution in [-0.2, 0) is 11.8 Å². The van der Waals surface area contributed by atoms with Gasteiger partial charge in [0.1, 0.15) is 5.76 Å². The van der Waals surface area contributed by atoms with Gasteiger partial charge in [-0.1, -0.05) is 29.4 Å². The fourth-order valence-corrected chi connectivity index (χ4v) is 3.22. The van der Waals surface area contributed by atoms with Crippen molar-refractivity contribution >= 4 is 35.0 Å². The molecule has 0 fully saturated rings. The molecule has 3 rings (SSSR count). The Morgan fingerprint density at radius 2 is 2.12 bits per heavy atom. The first-order chi connectivity index (χ1) is 12.0. The summed E-state index contributed by atoms with van der Waals surface area (Å²) in [7, 11) is 1.86. The van der Waals surface area contributed by atoms with Crippen molar-refractivity contribution in [3.8, 4) is 11.4 Å². The third-order valence-corrected chi connectivity index (χ3v) is 5.00. The molecule has 2 aromatic heterocycles. The van der Waals surface area contributed by atoms with Crippen molar-refractivity contribution in [2.45, 2.75) is 19.0 Å². The highest BCUT2D eigenvalue weighted by atomic mass is 35.5. The molecule has 2 heterocycles. The topological polar surface area (TPSA) is 73.0 Å². The maximum atomic E-state index is 12.2. The summed E-state index contributed by atoms with van der Waals surface area (Å²) in [4.78, 5) is 12.2. The van der Waals surface area contributed by atoms with Crippen LogP contribution in [0.15, 0.2) is 40.1 Å². The van der Waals surface area contributed by atoms with Crippen molar-refractivity contribution < 1.29 is 9.21 Å². The second kappa shape index (κ2) is 7.33. The molecule has 25 heavy (non-hydrogen) atoms. The minimum atomic E-state index is -0.126. The van der Waals surface area contributed by atoms with Crippen LogP contribution in [0.1, 0.15) is 11.3 Å². The van der Waals surface area contributed by atoms with Crippen LogP contribution in [0.25, 0.3) is 11.4 Å². The highest BCUT2D eigenvalue weighted by Gasteiger charge is 2.16. The molecule has 0 radical (unpaired) electrons. The van der Waals surface area contributed by atoms with E-state index < -0.39 is 0 Å². The van der Waals surface area contributed by atoms with Crippen molar-refractivity contribution in [1.82, 2.24) is 14.8 Å². The van der Waals surface area contributed by atoms with Crippen LogP contribution in [0.5, 0.6) is 0 Å². The zero-order chi connectivity index (χ0) is 18.0. The van der Waals surface area contributed by atoms with Crippen LogP contribution in [0.3, 0.4) is 0 Å². The van der Waals surface area contributed by atoms with Crippen LogP contribution < -0.4 is 5.32 Å². The van der Waals surface area contributed by atoms with Gasteiger partial charge >= 0.3 is 0 Å². The number of aromatic nitrogens is 3. The van der Waals surface area contributed by atoms with Crippen LogP contribution in [-0.4, -0.2) is 26.4 Å². The smallest absolute Gasteiger partial charge is 0.234 e. The van der Waals surface area contributed by atoms with Crippen molar-refractivity contribution in [2.24, 2.45) is 7.05 Å². The average molecular weight is 377 g/mol. The molecule has 3 aromatic rings. The van der Waals surface area contributed by atoms with E-state index >= 15 is 0 Å². The normalized spacial score (nSPS) is 10.9. The van der Waals surface area contributed by atoms with Crippen molar-refractivity contribution in [3.05, 3.63) is 46.9 Å². The molecule has 0 atom stereocenters. The molecule has 0 saturated heterocycles. The van der Waals surface area contributed by atoms with Crippen LogP contribution in [0, 0.1) is 13.8 Å². The Hall–Kier alpha value is -2.25. The van der Waals surface area contributed by atoms with E-state index in [1.54, 1.807) is 18.4 Å². The molecule has 0 saturated carbocycles. The number of hydrogen-bond donors (Lipinski definition) is 1. The Balaban J connectivity index is 1.66. The number of furan rings is 1. The Labute approximate surface area is 154 Å². The molecule has 0 aliphatic heterocycles. The molecule has 8 heteroatoms. The Morgan fingerprint density at radius 1 is 1.32 bits per heavy atom. The summed E-state index contributed by atoms with van der Waals surface area (Å²) in [5.41, 5.74) is 2.56. The third-order valence-electron chi connectivity index (χ3n) is 3.74. The molecule has 6 nitrogen and oxygen atoms in total. The van der Waals surface area contributed by atoms with Gasteiger partial charge in [0.2, 0.25) is 5.91 Å². The van der Waals surface area contributed by atoms with Gasteiger partial charge in [-0.2, -0.15) is 0 Å². The fraction of sp³-hybridized carbons (Fsp3) is 0.235. The van der Waals surface area contributed by atoms with E-state index in [1.165, 1.54) is 11.8 Å². The SMILES string of the molecule is Cc1ccc(Cl)cc1NC(=O)CSc1nnc(-c2ccoc2C)n1C. The Morgan fingerprint density at radius 3 is 2.84 bits per heavy atom. The van der Waals surface area contributed by atoms with Gasteiger partial charge in [0.05, 0.1) is 17.6 Å². The monoisotopic (exact) mass is 376 g/mol. The molecule has 0 bridgehead atoms. The molecular weight excluding hydrogens is 360 g/mol. The first-order valence-electron chi connectivity index (χ1n) is 7.58. The van der Waals surface area contributed by atoms with E-state index in [0.29, 0.717) is 21.7 Å². The number of amides is 1. The zero-order valence-electron chi connectivity index (χ0n) is 14.0. The maximum absolute atomic E-state index is 12.2. The predicted octanol–water partition coefficient (Wildman–Crippen LogP) is 4.08. The molecule has 1 amide bonds. The van der Waals surface area contributed by atoms with Crippen LogP contribution in [0.2, 0.25) is 5.02 Å². The van der Waals surface area contributed by atoms with Gasteiger partial charge in [0, 0.05) is 17.8 Å². The molecule has 0 aliphatic rings. The number of thioether (sulfide) groups is 1. The van der Waals surface area contributed by atoms with Gasteiger partial charge in [-0.05, 0) is 37.6 Å². The van der Waals surface area contributed by atoms with E-state index in [4.69, 9.17) is 16.0 Å². The molecule has 0 aliphatic carbocycles. The van der Waals surface area contributed by atoms with E-state index in [1.807, 2.05) is 37.6 Å². The number of anilines is 1. The van der Waals surface area contributed by atoms with Gasteiger partial charge in [-0.3, -0.25) is 4.79 Å². The Kier molecular flexibility index (Phi) is 5.15. The summed E-state index contributed by atoms with van der Waals surface area (Å²) in [6.45, 7) is 3.79. The lowest BCUT2D eigenvalue weighted by molar-refractivity contribution is -0.113. The molecule has 130 valence electrons. The number of hydrogen-bond acceptors (Lipinski definition) is 5. The summed E-state index contributed by atoms with van der Waals surface area (Å²) in [5, 5.41) is 12.5. The molecule has 1 aromatic carbocycles. The molecule has 0 spiro atoms. The number of benzene rings is 1. The zero-order valence-corrected chi connectivity index (χ0v) is 15.6. The second-order valence-corrected chi connectivity index (χ2v) is 6.93. The van der Waals surface area contributed by atoms with Gasteiger partial charge in [-0.25, -0.2) is 0 Å². The van der Waals surface area contributed by atoms with Gasteiger partial charge in [0.15, 0.2) is 11.0 Å². The van der Waals surface area contributed by atoms with E-state index in [0.717, 1.165) is 16.9 Å². The highest BCUT2D eigenvalue weighted by Crippen LogP contribution is 2.26. The summed E-state index contributed by atoms with van der Waals surface area (Å²) < 4.78 is 7.15. The highest BCUT2D eigenvalue weighted by molar-refractivity contribution is 7.99. The average Bonchev–Trinajstić information content (AvgIpc) is 3.14. The number of carbonyl (C=O) groups excluding carboxylic acids is 1. The lowest BCUT2D eigenvalue weighted by Gasteiger charge is -2.08. The van der Waals surface area contributed by atoms with E-state index in [2.05, 4.69) is 15.5 Å². The largest absolute Gasteiger partial charge is 0.469 e. The minimum absolute atomic E-state index is 0.126. The van der Waals surface area contributed by atoms with Gasteiger partial charge in [-0.15, -0.1) is 10.2 Å². The van der Waals surface area contributed by atoms with Crippen LogP contribution in [0.4, 0.5) is 5.69 Å². The standard InChI is InChI=1S/C17H17ClN4O2S/c1-10-4-5-12(18)8-14(10)19-15(23)9-25-17-21-20-16(22(17)3)13-6-7-24-11(13)2/h4-8H,9H2,1-3H3,(H,19,23). The number of rotatable bonds is 5. The van der Waals surface area contributed by atoms with E-state index in [-0.39, 0.29) is 11.7 Å². The second-order valence-electron chi connectivity index (χ2n) is 5.55. The van der Waals surface area contributed by atoms with Crippen LogP contribution >= 0.6 is 23.4 Å². The number of nitrogens with zero attached hydrogens (tertiary/aromatic N) is 3. The Bertz CT molecular complexity index is 919. The summed E-state index contributed by atoms with van der Waals surface area (Å²) in [5.74, 6) is 1.59. The molecular formula is C17H17ClN4O2S. The number of nitrogens with one attached hydrogen (secondary N) is 1. The molecule has 1 N–H and O–H groups in total. The third kappa shape index (κ3) is 3.88. The lowest BCUT2D eigenvalue weighted by Crippen LogP contribution is -2.15. The summed E-state index contributed by atoms with van der Waals surface area (Å²) in [6, 6.07) is 7.25. The quantitative estimate of drug-likeness (QED) is 0.679. The first-order valence-corrected chi connectivity index (χ1v) is 8.94. The van der Waals surface area contributed by atoms with Crippen molar-refractivity contribution in [1.29, 1.82) is 0 Å². The van der Waals surface area contributed by atoms with E-state index in [9.17, 15) is 4.79 Å². The number of carbonyl (C=O) groups is 1.